The lowest BCUT2D eigenvalue weighted by Crippen LogP contribution is -2.27. The normalized spacial score (nSPS) is 23.8. The Morgan fingerprint density at radius 2 is 2.14 bits per heavy atom. The molecule has 116 valence electrons. The van der Waals surface area contributed by atoms with Crippen LogP contribution in [0.15, 0.2) is 22.7 Å². The molecule has 3 nitrogen and oxygen atoms in total. The Morgan fingerprint density at radius 3 is 2.90 bits per heavy atom. The number of halogens is 1. The van der Waals surface area contributed by atoms with Crippen molar-refractivity contribution < 1.29 is 9.47 Å². The molecule has 1 aromatic rings. The quantitative estimate of drug-likeness (QED) is 0.866. The molecule has 0 amide bonds. The summed E-state index contributed by atoms with van der Waals surface area (Å²) in [5.74, 6) is 0.962. The molecule has 1 heterocycles. The summed E-state index contributed by atoms with van der Waals surface area (Å²) in [6.45, 7) is 1.48. The Labute approximate surface area is 135 Å². The molecule has 0 radical (unpaired) electrons. The van der Waals surface area contributed by atoms with Crippen molar-refractivity contribution in [2.75, 3.05) is 13.7 Å². The van der Waals surface area contributed by atoms with Crippen LogP contribution in [0.3, 0.4) is 0 Å². The second-order valence-electron chi connectivity index (χ2n) is 6.26. The van der Waals surface area contributed by atoms with Crippen LogP contribution in [0, 0.1) is 0 Å². The van der Waals surface area contributed by atoms with E-state index in [1.807, 2.05) is 19.2 Å². The Bertz CT molecular complexity index is 486. The highest BCUT2D eigenvalue weighted by Gasteiger charge is 2.42. The predicted octanol–water partition coefficient (Wildman–Crippen LogP) is 4.04. The minimum absolute atomic E-state index is 0.196. The van der Waals surface area contributed by atoms with Crippen LogP contribution < -0.4 is 10.1 Å². The standard InChI is InChI=1S/C17H24BrNO2/c1-19-11-13-10-14(18)4-5-16(13)20-12-15-6-9-17(21-15)7-2-3-8-17/h4-5,10,15,19H,2-3,6-9,11-12H2,1H3. The van der Waals surface area contributed by atoms with Gasteiger partial charge >= 0.3 is 0 Å². The monoisotopic (exact) mass is 353 g/mol. The molecule has 1 saturated carbocycles. The second-order valence-corrected chi connectivity index (χ2v) is 7.18. The van der Waals surface area contributed by atoms with Crippen LogP contribution in [0.1, 0.15) is 44.1 Å². The van der Waals surface area contributed by atoms with Gasteiger partial charge in [-0.1, -0.05) is 28.8 Å². The molecule has 1 aliphatic carbocycles. The van der Waals surface area contributed by atoms with Crippen molar-refractivity contribution in [3.05, 3.63) is 28.2 Å². The minimum atomic E-state index is 0.196. The van der Waals surface area contributed by atoms with Crippen molar-refractivity contribution in [2.24, 2.45) is 0 Å². The van der Waals surface area contributed by atoms with Gasteiger partial charge in [-0.05, 0) is 50.9 Å². The van der Waals surface area contributed by atoms with Crippen LogP contribution in [0.4, 0.5) is 0 Å². The largest absolute Gasteiger partial charge is 0.491 e. The van der Waals surface area contributed by atoms with E-state index in [0.29, 0.717) is 6.61 Å². The van der Waals surface area contributed by atoms with Crippen LogP contribution >= 0.6 is 15.9 Å². The van der Waals surface area contributed by atoms with Gasteiger partial charge in [0.05, 0.1) is 11.7 Å². The third-order valence-corrected chi connectivity index (χ3v) is 5.16. The molecule has 0 bridgehead atoms. The fourth-order valence-corrected chi connectivity index (χ4v) is 4.01. The van der Waals surface area contributed by atoms with E-state index in [4.69, 9.17) is 9.47 Å². The van der Waals surface area contributed by atoms with E-state index in [2.05, 4.69) is 27.3 Å². The molecule has 1 aliphatic heterocycles. The zero-order valence-electron chi connectivity index (χ0n) is 12.7. The Kier molecular flexibility index (Phi) is 4.87. The average Bonchev–Trinajstić information content (AvgIpc) is 3.09. The van der Waals surface area contributed by atoms with E-state index in [1.165, 1.54) is 37.7 Å². The molecular weight excluding hydrogens is 330 g/mol. The fraction of sp³-hybridized carbons (Fsp3) is 0.647. The number of nitrogens with one attached hydrogen (secondary N) is 1. The van der Waals surface area contributed by atoms with Crippen LogP contribution in [0.25, 0.3) is 0 Å². The number of hydrogen-bond donors (Lipinski definition) is 1. The van der Waals surface area contributed by atoms with Gasteiger partial charge in [0.1, 0.15) is 12.4 Å². The van der Waals surface area contributed by atoms with E-state index in [1.54, 1.807) is 0 Å². The van der Waals surface area contributed by atoms with Gasteiger partial charge in [-0.3, -0.25) is 0 Å². The van der Waals surface area contributed by atoms with E-state index < -0.39 is 0 Å². The van der Waals surface area contributed by atoms with Gasteiger partial charge in [-0.25, -0.2) is 0 Å². The number of benzene rings is 1. The summed E-state index contributed by atoms with van der Waals surface area (Å²) < 4.78 is 13.4. The molecule has 1 atom stereocenters. The maximum Gasteiger partial charge on any atom is 0.124 e. The minimum Gasteiger partial charge on any atom is -0.491 e. The van der Waals surface area contributed by atoms with Crippen LogP contribution in [-0.4, -0.2) is 25.4 Å². The van der Waals surface area contributed by atoms with Crippen molar-refractivity contribution in [3.8, 4) is 5.75 Å². The molecule has 4 heteroatoms. The number of rotatable bonds is 5. The summed E-state index contributed by atoms with van der Waals surface area (Å²) in [5, 5.41) is 3.19. The fourth-order valence-electron chi connectivity index (χ4n) is 3.60. The number of hydrogen-bond acceptors (Lipinski definition) is 3. The summed E-state index contributed by atoms with van der Waals surface area (Å²) in [7, 11) is 1.95. The van der Waals surface area contributed by atoms with E-state index in [9.17, 15) is 0 Å². The highest BCUT2D eigenvalue weighted by molar-refractivity contribution is 9.10. The van der Waals surface area contributed by atoms with Gasteiger partial charge in [0.15, 0.2) is 0 Å². The van der Waals surface area contributed by atoms with Crippen molar-refractivity contribution in [1.82, 2.24) is 5.32 Å². The maximum absolute atomic E-state index is 6.31. The van der Waals surface area contributed by atoms with Crippen molar-refractivity contribution in [2.45, 2.75) is 56.8 Å². The van der Waals surface area contributed by atoms with Gasteiger partial charge in [0.25, 0.3) is 0 Å². The number of ether oxygens (including phenoxy) is 2. The molecule has 2 aliphatic rings. The third kappa shape index (κ3) is 3.61. The summed E-state index contributed by atoms with van der Waals surface area (Å²) in [6.07, 6.45) is 7.75. The maximum atomic E-state index is 6.31. The molecule has 1 aromatic carbocycles. The molecule has 2 fully saturated rings. The van der Waals surface area contributed by atoms with E-state index >= 15 is 0 Å². The third-order valence-electron chi connectivity index (χ3n) is 4.67. The van der Waals surface area contributed by atoms with Crippen LogP contribution in [-0.2, 0) is 11.3 Å². The second kappa shape index (κ2) is 6.67. The van der Waals surface area contributed by atoms with Crippen molar-refractivity contribution in [1.29, 1.82) is 0 Å². The molecule has 1 N–H and O–H groups in total. The SMILES string of the molecule is CNCc1cc(Br)ccc1OCC1CCC2(CCCC2)O1. The van der Waals surface area contributed by atoms with E-state index in [0.717, 1.165) is 23.2 Å². The lowest BCUT2D eigenvalue weighted by atomic mass is 9.98. The first-order valence-electron chi connectivity index (χ1n) is 7.94. The lowest BCUT2D eigenvalue weighted by Gasteiger charge is -2.24. The Hall–Kier alpha value is -0.580. The van der Waals surface area contributed by atoms with Gasteiger partial charge in [0, 0.05) is 16.6 Å². The molecule has 21 heavy (non-hydrogen) atoms. The van der Waals surface area contributed by atoms with Gasteiger partial charge in [-0.2, -0.15) is 0 Å². The zero-order valence-corrected chi connectivity index (χ0v) is 14.2. The van der Waals surface area contributed by atoms with Gasteiger partial charge in [0.2, 0.25) is 0 Å². The molecule has 0 aromatic heterocycles. The highest BCUT2D eigenvalue weighted by Crippen LogP contribution is 2.43. The molecule has 1 saturated heterocycles. The summed E-state index contributed by atoms with van der Waals surface area (Å²) in [5.41, 5.74) is 1.38. The summed E-state index contributed by atoms with van der Waals surface area (Å²) in [6, 6.07) is 6.18. The molecule has 3 rings (SSSR count). The van der Waals surface area contributed by atoms with Crippen molar-refractivity contribution >= 4 is 15.9 Å². The first-order chi connectivity index (χ1) is 10.2. The summed E-state index contributed by atoms with van der Waals surface area (Å²) >= 11 is 3.52. The first kappa shape index (κ1) is 15.3. The topological polar surface area (TPSA) is 30.5 Å². The smallest absolute Gasteiger partial charge is 0.124 e. The molecule has 1 spiro atoms. The highest BCUT2D eigenvalue weighted by atomic mass is 79.9. The summed E-state index contributed by atoms with van der Waals surface area (Å²) in [4.78, 5) is 0. The van der Waals surface area contributed by atoms with Gasteiger partial charge in [-0.15, -0.1) is 0 Å². The zero-order chi connectivity index (χ0) is 14.7. The van der Waals surface area contributed by atoms with E-state index in [-0.39, 0.29) is 11.7 Å². The van der Waals surface area contributed by atoms with Crippen LogP contribution in [0.5, 0.6) is 5.75 Å². The lowest BCUT2D eigenvalue weighted by molar-refractivity contribution is -0.0509. The molecule has 1 unspecified atom stereocenters. The van der Waals surface area contributed by atoms with Gasteiger partial charge < -0.3 is 14.8 Å². The first-order valence-corrected chi connectivity index (χ1v) is 8.74. The predicted molar refractivity (Wildman–Crippen MR) is 87.7 cm³/mol. The Balaban J connectivity index is 1.58. The van der Waals surface area contributed by atoms with Crippen molar-refractivity contribution in [3.63, 3.8) is 0 Å². The average molecular weight is 354 g/mol. The Morgan fingerprint density at radius 1 is 1.33 bits per heavy atom. The van der Waals surface area contributed by atoms with Crippen LogP contribution in [0.2, 0.25) is 0 Å². The molecular formula is C17H24BrNO2.